The quantitative estimate of drug-likeness (QED) is 0.822. The van der Waals surface area contributed by atoms with E-state index in [0.717, 1.165) is 24.3 Å². The molecule has 3 N–H and O–H groups in total. The van der Waals surface area contributed by atoms with Crippen molar-refractivity contribution in [2.45, 2.75) is 32.9 Å². The van der Waals surface area contributed by atoms with Crippen molar-refractivity contribution in [3.05, 3.63) is 23.4 Å². The normalized spacial score (nSPS) is 24.4. The van der Waals surface area contributed by atoms with Gasteiger partial charge in [0.15, 0.2) is 0 Å². The van der Waals surface area contributed by atoms with Gasteiger partial charge >= 0.3 is 0 Å². The second kappa shape index (κ2) is 5.02. The van der Waals surface area contributed by atoms with Crippen LogP contribution in [0.25, 0.3) is 0 Å². The zero-order chi connectivity index (χ0) is 12.4. The van der Waals surface area contributed by atoms with Crippen LogP contribution >= 0.6 is 0 Å². The lowest BCUT2D eigenvalue weighted by Gasteiger charge is -2.28. The first-order valence-electron chi connectivity index (χ1n) is 6.21. The number of hydrogen-bond acceptors (Lipinski definition) is 4. The van der Waals surface area contributed by atoms with Gasteiger partial charge in [-0.1, -0.05) is 6.92 Å². The van der Waals surface area contributed by atoms with E-state index in [1.807, 2.05) is 12.3 Å². The number of aliphatic hydroxyl groups is 1. The standard InChI is InChI=1S/C13H21N3O/c1-9-3-5-15-13(11(9)7-14)16-6-4-10(2)12(16)8-17/h3,5,10,12,17H,4,6-8,14H2,1-2H3. The van der Waals surface area contributed by atoms with Gasteiger partial charge in [-0.25, -0.2) is 4.98 Å². The Kier molecular flexibility index (Phi) is 3.64. The van der Waals surface area contributed by atoms with Crippen molar-refractivity contribution in [3.63, 3.8) is 0 Å². The molecule has 2 rings (SSSR count). The van der Waals surface area contributed by atoms with Crippen molar-refractivity contribution < 1.29 is 5.11 Å². The third-order valence-corrected chi connectivity index (χ3v) is 3.81. The molecule has 1 fully saturated rings. The molecule has 4 heteroatoms. The minimum atomic E-state index is 0.176. The summed E-state index contributed by atoms with van der Waals surface area (Å²) in [7, 11) is 0. The average Bonchev–Trinajstić information content (AvgIpc) is 2.69. The zero-order valence-electron chi connectivity index (χ0n) is 10.6. The second-order valence-electron chi connectivity index (χ2n) is 4.84. The van der Waals surface area contributed by atoms with E-state index in [2.05, 4.69) is 23.7 Å². The molecule has 2 heterocycles. The summed E-state index contributed by atoms with van der Waals surface area (Å²) in [4.78, 5) is 6.67. The van der Waals surface area contributed by atoms with E-state index in [1.54, 1.807) is 0 Å². The molecule has 1 aromatic rings. The minimum Gasteiger partial charge on any atom is -0.394 e. The van der Waals surface area contributed by atoms with Crippen molar-refractivity contribution in [2.24, 2.45) is 11.7 Å². The number of nitrogens with zero attached hydrogens (tertiary/aromatic N) is 2. The average molecular weight is 235 g/mol. The summed E-state index contributed by atoms with van der Waals surface area (Å²) >= 11 is 0. The highest BCUT2D eigenvalue weighted by atomic mass is 16.3. The molecular weight excluding hydrogens is 214 g/mol. The predicted molar refractivity (Wildman–Crippen MR) is 68.9 cm³/mol. The smallest absolute Gasteiger partial charge is 0.133 e. The first kappa shape index (κ1) is 12.3. The topological polar surface area (TPSA) is 62.4 Å². The van der Waals surface area contributed by atoms with Gasteiger partial charge in [-0.3, -0.25) is 0 Å². The van der Waals surface area contributed by atoms with Crippen molar-refractivity contribution in [1.29, 1.82) is 0 Å². The van der Waals surface area contributed by atoms with Gasteiger partial charge in [-0.05, 0) is 30.9 Å². The van der Waals surface area contributed by atoms with Gasteiger partial charge in [0, 0.05) is 24.8 Å². The molecule has 94 valence electrons. The molecule has 0 radical (unpaired) electrons. The van der Waals surface area contributed by atoms with E-state index in [-0.39, 0.29) is 12.6 Å². The fourth-order valence-electron chi connectivity index (χ4n) is 2.62. The fourth-order valence-corrected chi connectivity index (χ4v) is 2.62. The first-order valence-corrected chi connectivity index (χ1v) is 6.21. The lowest BCUT2D eigenvalue weighted by atomic mass is 10.0. The number of rotatable bonds is 3. The highest BCUT2D eigenvalue weighted by Gasteiger charge is 2.32. The van der Waals surface area contributed by atoms with Crippen LogP contribution in [-0.4, -0.2) is 29.3 Å². The molecule has 2 atom stereocenters. The van der Waals surface area contributed by atoms with Gasteiger partial charge in [0.05, 0.1) is 12.6 Å². The molecule has 2 unspecified atom stereocenters. The van der Waals surface area contributed by atoms with Crippen molar-refractivity contribution in [3.8, 4) is 0 Å². The largest absolute Gasteiger partial charge is 0.394 e. The van der Waals surface area contributed by atoms with Gasteiger partial charge in [0.1, 0.15) is 5.82 Å². The summed E-state index contributed by atoms with van der Waals surface area (Å²) in [5, 5.41) is 9.50. The lowest BCUT2D eigenvalue weighted by Crippen LogP contribution is -2.36. The van der Waals surface area contributed by atoms with Crippen LogP contribution in [0.15, 0.2) is 12.3 Å². The predicted octanol–water partition coefficient (Wildman–Crippen LogP) is 1.06. The summed E-state index contributed by atoms with van der Waals surface area (Å²) in [5.74, 6) is 1.46. The molecule has 0 bridgehead atoms. The van der Waals surface area contributed by atoms with E-state index in [0.29, 0.717) is 12.5 Å². The van der Waals surface area contributed by atoms with Crippen LogP contribution in [0.3, 0.4) is 0 Å². The maximum atomic E-state index is 9.50. The van der Waals surface area contributed by atoms with Crippen molar-refractivity contribution >= 4 is 5.82 Å². The number of aryl methyl sites for hydroxylation is 1. The summed E-state index contributed by atoms with van der Waals surface area (Å²) in [6.45, 7) is 5.87. The van der Waals surface area contributed by atoms with Crippen molar-refractivity contribution in [1.82, 2.24) is 4.98 Å². The number of nitrogens with two attached hydrogens (primary N) is 1. The summed E-state index contributed by atoms with van der Waals surface area (Å²) in [6.07, 6.45) is 2.92. The zero-order valence-corrected chi connectivity index (χ0v) is 10.6. The maximum Gasteiger partial charge on any atom is 0.133 e. The van der Waals surface area contributed by atoms with E-state index < -0.39 is 0 Å². The third kappa shape index (κ3) is 2.15. The highest BCUT2D eigenvalue weighted by Crippen LogP contribution is 2.31. The molecule has 1 saturated heterocycles. The molecule has 0 saturated carbocycles. The Balaban J connectivity index is 2.37. The Bertz CT molecular complexity index is 394. The summed E-state index contributed by atoms with van der Waals surface area (Å²) in [5.41, 5.74) is 8.08. The van der Waals surface area contributed by atoms with Crippen molar-refractivity contribution in [2.75, 3.05) is 18.1 Å². The SMILES string of the molecule is Cc1ccnc(N2CCC(C)C2CO)c1CN. The first-order chi connectivity index (χ1) is 8.19. The molecule has 1 aliphatic rings. The Morgan fingerprint density at radius 2 is 2.35 bits per heavy atom. The maximum absolute atomic E-state index is 9.50. The summed E-state index contributed by atoms with van der Waals surface area (Å²) < 4.78 is 0. The Labute approximate surface area is 102 Å². The number of aromatic nitrogens is 1. The van der Waals surface area contributed by atoms with Gasteiger partial charge in [0.25, 0.3) is 0 Å². The fraction of sp³-hybridized carbons (Fsp3) is 0.615. The van der Waals surface area contributed by atoms with Gasteiger partial charge < -0.3 is 15.7 Å². The molecule has 0 aliphatic carbocycles. The number of pyridine rings is 1. The van der Waals surface area contributed by atoms with Crippen LogP contribution < -0.4 is 10.6 Å². The lowest BCUT2D eigenvalue weighted by molar-refractivity contribution is 0.244. The highest BCUT2D eigenvalue weighted by molar-refractivity contribution is 5.52. The van der Waals surface area contributed by atoms with Crippen LogP contribution in [0, 0.1) is 12.8 Å². The molecule has 4 nitrogen and oxygen atoms in total. The van der Waals surface area contributed by atoms with E-state index in [1.165, 1.54) is 5.56 Å². The number of aliphatic hydroxyl groups excluding tert-OH is 1. The van der Waals surface area contributed by atoms with Crippen LogP contribution in [0.1, 0.15) is 24.5 Å². The van der Waals surface area contributed by atoms with Gasteiger partial charge in [-0.15, -0.1) is 0 Å². The molecule has 0 amide bonds. The van der Waals surface area contributed by atoms with Crippen LogP contribution in [0.5, 0.6) is 0 Å². The van der Waals surface area contributed by atoms with E-state index in [4.69, 9.17) is 5.73 Å². The summed E-state index contributed by atoms with van der Waals surface area (Å²) in [6, 6.07) is 2.16. The van der Waals surface area contributed by atoms with Crippen LogP contribution in [0.2, 0.25) is 0 Å². The molecule has 17 heavy (non-hydrogen) atoms. The third-order valence-electron chi connectivity index (χ3n) is 3.81. The number of anilines is 1. The Morgan fingerprint density at radius 3 is 3.00 bits per heavy atom. The van der Waals surface area contributed by atoms with E-state index in [9.17, 15) is 5.11 Å². The molecule has 0 spiro atoms. The molecular formula is C13H21N3O. The Hall–Kier alpha value is -1.13. The second-order valence-corrected chi connectivity index (χ2v) is 4.84. The molecule has 1 aromatic heterocycles. The number of hydrogen-bond donors (Lipinski definition) is 2. The van der Waals surface area contributed by atoms with Gasteiger partial charge in [-0.2, -0.15) is 0 Å². The van der Waals surface area contributed by atoms with Crippen LogP contribution in [0.4, 0.5) is 5.82 Å². The molecule has 1 aliphatic heterocycles. The monoisotopic (exact) mass is 235 g/mol. The Morgan fingerprint density at radius 1 is 1.59 bits per heavy atom. The van der Waals surface area contributed by atoms with Crippen LogP contribution in [-0.2, 0) is 6.54 Å². The van der Waals surface area contributed by atoms with Gasteiger partial charge in [0.2, 0.25) is 0 Å². The minimum absolute atomic E-state index is 0.176. The van der Waals surface area contributed by atoms with E-state index >= 15 is 0 Å². The molecule has 0 aromatic carbocycles.